The maximum absolute atomic E-state index is 12.2. The van der Waals surface area contributed by atoms with Crippen molar-refractivity contribution in [1.29, 1.82) is 0 Å². The third-order valence-electron chi connectivity index (χ3n) is 5.40. The molecule has 1 fully saturated rings. The molecule has 2 aromatic carbocycles. The Bertz CT molecular complexity index is 1190. The quantitative estimate of drug-likeness (QED) is 0.425. The lowest BCUT2D eigenvalue weighted by Gasteiger charge is -2.39. The van der Waals surface area contributed by atoms with Crippen LogP contribution in [0.2, 0.25) is 10.0 Å². The van der Waals surface area contributed by atoms with Crippen LogP contribution in [0.3, 0.4) is 0 Å². The number of nitrogens with zero attached hydrogens (tertiary/aromatic N) is 5. The average molecular weight is 452 g/mol. The number of aromatic nitrogens is 2. The molecule has 1 saturated heterocycles. The molecule has 6 nitrogen and oxygen atoms in total. The first kappa shape index (κ1) is 21.1. The summed E-state index contributed by atoms with van der Waals surface area (Å²) >= 11 is 12.6. The van der Waals surface area contributed by atoms with Crippen molar-refractivity contribution in [3.05, 3.63) is 76.8 Å². The number of carbonyl (C=O) groups excluding carboxylic acids is 1. The van der Waals surface area contributed by atoms with E-state index in [9.17, 15) is 4.79 Å². The van der Waals surface area contributed by atoms with Crippen LogP contribution in [0.4, 0.5) is 5.82 Å². The summed E-state index contributed by atoms with van der Waals surface area (Å²) in [6, 6.07) is 11.1. The highest BCUT2D eigenvalue weighted by Gasteiger charge is 2.32. The van der Waals surface area contributed by atoms with Crippen LogP contribution in [0.25, 0.3) is 26.9 Å². The number of benzene rings is 2. The Kier molecular flexibility index (Phi) is 6.08. The lowest BCUT2D eigenvalue weighted by atomic mass is 10.0. The van der Waals surface area contributed by atoms with E-state index in [-0.39, 0.29) is 18.5 Å². The molecule has 0 aliphatic carbocycles. The van der Waals surface area contributed by atoms with E-state index in [1.54, 1.807) is 4.90 Å². The van der Waals surface area contributed by atoms with E-state index >= 15 is 0 Å². The molecule has 1 unspecified atom stereocenters. The summed E-state index contributed by atoms with van der Waals surface area (Å²) in [6.45, 7) is 12.7. The lowest BCUT2D eigenvalue weighted by Crippen LogP contribution is -2.56. The van der Waals surface area contributed by atoms with Gasteiger partial charge >= 0.3 is 0 Å². The molecule has 2 heterocycles. The van der Waals surface area contributed by atoms with Gasteiger partial charge in [-0.2, -0.15) is 0 Å². The minimum Gasteiger partial charge on any atom is -0.352 e. The molecule has 0 saturated carbocycles. The molecule has 1 aliphatic heterocycles. The Labute approximate surface area is 190 Å². The second-order valence-corrected chi connectivity index (χ2v) is 8.07. The maximum atomic E-state index is 12.2. The molecule has 31 heavy (non-hydrogen) atoms. The van der Waals surface area contributed by atoms with Crippen LogP contribution in [0.5, 0.6) is 0 Å². The fourth-order valence-corrected chi connectivity index (χ4v) is 4.28. The third kappa shape index (κ3) is 4.20. The van der Waals surface area contributed by atoms with Gasteiger partial charge in [0.15, 0.2) is 0 Å². The van der Waals surface area contributed by atoms with Gasteiger partial charge in [0, 0.05) is 35.6 Å². The summed E-state index contributed by atoms with van der Waals surface area (Å²) in [5.41, 5.74) is 2.54. The van der Waals surface area contributed by atoms with Crippen molar-refractivity contribution in [1.82, 2.24) is 14.9 Å². The van der Waals surface area contributed by atoms with Crippen LogP contribution in [0, 0.1) is 6.57 Å². The van der Waals surface area contributed by atoms with Crippen molar-refractivity contribution in [3.8, 4) is 11.1 Å². The van der Waals surface area contributed by atoms with Crippen molar-refractivity contribution in [2.75, 3.05) is 31.1 Å². The lowest BCUT2D eigenvalue weighted by molar-refractivity contribution is -0.128. The molecule has 1 amide bonds. The van der Waals surface area contributed by atoms with Crippen LogP contribution in [0.15, 0.2) is 55.4 Å². The maximum Gasteiger partial charge on any atom is 0.246 e. The molecule has 0 N–H and O–H groups in total. The largest absolute Gasteiger partial charge is 0.352 e. The first-order chi connectivity index (χ1) is 15.0. The summed E-state index contributed by atoms with van der Waals surface area (Å²) in [6.07, 6.45) is 2.81. The molecule has 0 spiro atoms. The zero-order valence-electron chi connectivity index (χ0n) is 16.6. The number of fused-ring (bicyclic) bond motifs is 1. The van der Waals surface area contributed by atoms with Crippen molar-refractivity contribution in [2.45, 2.75) is 6.04 Å². The van der Waals surface area contributed by atoms with Crippen LogP contribution < -0.4 is 4.90 Å². The van der Waals surface area contributed by atoms with E-state index in [0.717, 1.165) is 27.8 Å². The number of carbonyl (C=O) groups is 1. The fourth-order valence-electron chi connectivity index (χ4n) is 3.88. The van der Waals surface area contributed by atoms with Crippen LogP contribution in [-0.4, -0.2) is 53.0 Å². The number of halogens is 2. The molecule has 156 valence electrons. The molecular formula is C23H19Cl2N5O. The highest BCUT2D eigenvalue weighted by Crippen LogP contribution is 2.35. The molecule has 8 heteroatoms. The Morgan fingerprint density at radius 1 is 1.23 bits per heavy atom. The van der Waals surface area contributed by atoms with Crippen molar-refractivity contribution in [3.63, 3.8) is 0 Å². The van der Waals surface area contributed by atoms with Crippen LogP contribution in [0.1, 0.15) is 0 Å². The molecule has 1 atom stereocenters. The smallest absolute Gasteiger partial charge is 0.246 e. The van der Waals surface area contributed by atoms with E-state index in [2.05, 4.69) is 26.3 Å². The first-order valence-electron chi connectivity index (χ1n) is 9.73. The summed E-state index contributed by atoms with van der Waals surface area (Å²) < 4.78 is 0. The second-order valence-electron chi connectivity index (χ2n) is 7.23. The van der Waals surface area contributed by atoms with E-state index in [4.69, 9.17) is 29.8 Å². The van der Waals surface area contributed by atoms with Gasteiger partial charge in [-0.1, -0.05) is 41.9 Å². The molecule has 0 radical (unpaired) electrons. The molecule has 0 bridgehead atoms. The topological polar surface area (TPSA) is 53.7 Å². The predicted molar refractivity (Wildman–Crippen MR) is 124 cm³/mol. The zero-order chi connectivity index (χ0) is 22.0. The Morgan fingerprint density at radius 2 is 2.00 bits per heavy atom. The molecule has 1 aliphatic rings. The highest BCUT2D eigenvalue weighted by molar-refractivity contribution is 6.34. The van der Waals surface area contributed by atoms with Crippen molar-refractivity contribution < 1.29 is 4.79 Å². The highest BCUT2D eigenvalue weighted by atomic mass is 35.5. The van der Waals surface area contributed by atoms with Gasteiger partial charge in [-0.05, 0) is 35.9 Å². The monoisotopic (exact) mass is 451 g/mol. The van der Waals surface area contributed by atoms with Crippen LogP contribution >= 0.6 is 23.2 Å². The Hall–Kier alpha value is -3.14. The van der Waals surface area contributed by atoms with Gasteiger partial charge < -0.3 is 14.6 Å². The fraction of sp³-hybridized carbons (Fsp3) is 0.217. The normalized spacial score (nSPS) is 16.2. The number of amides is 1. The molecule has 4 rings (SSSR count). The predicted octanol–water partition coefficient (Wildman–Crippen LogP) is 4.73. The van der Waals surface area contributed by atoms with Crippen molar-refractivity contribution >= 4 is 45.8 Å². The van der Waals surface area contributed by atoms with Gasteiger partial charge in [0.25, 0.3) is 0 Å². The summed E-state index contributed by atoms with van der Waals surface area (Å²) in [5.74, 6) is 0.607. The summed E-state index contributed by atoms with van der Waals surface area (Å²) in [4.78, 5) is 28.5. The van der Waals surface area contributed by atoms with E-state index in [0.29, 0.717) is 29.7 Å². The Balaban J connectivity index is 1.75. The number of hydrogen-bond acceptors (Lipinski definition) is 4. The third-order valence-corrected chi connectivity index (χ3v) is 5.97. The Morgan fingerprint density at radius 3 is 2.71 bits per heavy atom. The van der Waals surface area contributed by atoms with E-state index in [1.807, 2.05) is 36.4 Å². The number of hydrogen-bond donors (Lipinski definition) is 0. The number of piperazine rings is 1. The molecule has 1 aromatic heterocycles. The SMILES string of the molecule is [C-]#[N+]CC1CN(c2ncnc3cc(Cl)c(-c4ccc(Cl)cc4)cc23)CCN1C(=O)C=C. The van der Waals surface area contributed by atoms with E-state index in [1.165, 1.54) is 12.4 Å². The zero-order valence-corrected chi connectivity index (χ0v) is 18.1. The van der Waals surface area contributed by atoms with Gasteiger partial charge in [0.1, 0.15) is 18.2 Å². The summed E-state index contributed by atoms with van der Waals surface area (Å²) in [5, 5.41) is 2.11. The van der Waals surface area contributed by atoms with Gasteiger partial charge in [-0.25, -0.2) is 16.5 Å². The standard InChI is InChI=1S/C23H19Cl2N5O/c1-3-22(31)30-9-8-29(13-17(30)12-26-2)23-19-10-18(15-4-6-16(24)7-5-15)20(25)11-21(19)27-14-28-23/h3-7,10-11,14,17H,1,8-9,12-13H2. The molecule has 3 aromatic rings. The minimum atomic E-state index is -0.232. The first-order valence-corrected chi connectivity index (χ1v) is 10.5. The minimum absolute atomic E-state index is 0.155. The summed E-state index contributed by atoms with van der Waals surface area (Å²) in [7, 11) is 0. The van der Waals surface area contributed by atoms with Gasteiger partial charge in [-0.15, -0.1) is 0 Å². The van der Waals surface area contributed by atoms with Gasteiger partial charge in [0.2, 0.25) is 12.5 Å². The van der Waals surface area contributed by atoms with E-state index < -0.39 is 0 Å². The molecular weight excluding hydrogens is 433 g/mol. The second kappa shape index (κ2) is 8.93. The number of rotatable bonds is 4. The number of anilines is 1. The average Bonchev–Trinajstić information content (AvgIpc) is 2.78. The van der Waals surface area contributed by atoms with Crippen molar-refractivity contribution in [2.24, 2.45) is 0 Å². The van der Waals surface area contributed by atoms with Gasteiger partial charge in [0.05, 0.1) is 10.5 Å². The van der Waals surface area contributed by atoms with Gasteiger partial charge in [-0.3, -0.25) is 4.79 Å². The van der Waals surface area contributed by atoms with Crippen LogP contribution in [-0.2, 0) is 4.79 Å².